The lowest BCUT2D eigenvalue weighted by Crippen LogP contribution is -2.41. The number of alkyl carbamates (subject to hydrolysis) is 1. The summed E-state index contributed by atoms with van der Waals surface area (Å²) in [4.78, 5) is 15.4. The largest absolute Gasteiger partial charge is 0.444 e. The molecule has 1 aromatic heterocycles. The molecule has 1 atom stereocenters. The van der Waals surface area contributed by atoms with Crippen LogP contribution >= 0.6 is 0 Å². The Morgan fingerprint density at radius 3 is 2.83 bits per heavy atom. The Bertz CT molecular complexity index is 374. The first-order valence-electron chi connectivity index (χ1n) is 5.98. The summed E-state index contributed by atoms with van der Waals surface area (Å²) < 4.78 is 5.12. The molecule has 18 heavy (non-hydrogen) atoms. The molecule has 0 radical (unpaired) electrons. The smallest absolute Gasteiger partial charge is 0.407 e. The SMILES string of the molecule is CC(C)(C)OC(=O)NCC(N)Cc1cccnc1. The standard InChI is InChI=1S/C13H21N3O2/c1-13(2,3)18-12(17)16-9-11(14)7-10-5-4-6-15-8-10/h4-6,8,11H,7,9,14H2,1-3H3,(H,16,17). The van der Waals surface area contributed by atoms with Crippen LogP contribution in [0.3, 0.4) is 0 Å². The average Bonchev–Trinajstić information content (AvgIpc) is 2.25. The molecular weight excluding hydrogens is 230 g/mol. The van der Waals surface area contributed by atoms with Crippen LogP contribution in [0.4, 0.5) is 4.79 Å². The van der Waals surface area contributed by atoms with Crippen LogP contribution in [0.1, 0.15) is 26.3 Å². The Hall–Kier alpha value is -1.62. The van der Waals surface area contributed by atoms with E-state index in [0.717, 1.165) is 5.56 Å². The van der Waals surface area contributed by atoms with E-state index in [-0.39, 0.29) is 6.04 Å². The fourth-order valence-corrected chi connectivity index (χ4v) is 1.42. The van der Waals surface area contributed by atoms with Gasteiger partial charge in [0.05, 0.1) is 0 Å². The third-order valence-electron chi connectivity index (χ3n) is 2.13. The molecule has 0 saturated heterocycles. The molecule has 0 saturated carbocycles. The van der Waals surface area contributed by atoms with Crippen molar-refractivity contribution in [1.82, 2.24) is 10.3 Å². The first-order chi connectivity index (χ1) is 8.37. The van der Waals surface area contributed by atoms with Crippen molar-refractivity contribution >= 4 is 6.09 Å². The van der Waals surface area contributed by atoms with Crippen molar-refractivity contribution in [2.75, 3.05) is 6.54 Å². The highest BCUT2D eigenvalue weighted by atomic mass is 16.6. The van der Waals surface area contributed by atoms with Gasteiger partial charge < -0.3 is 15.8 Å². The molecule has 0 spiro atoms. The zero-order valence-corrected chi connectivity index (χ0v) is 11.1. The summed E-state index contributed by atoms with van der Waals surface area (Å²) in [5.74, 6) is 0. The van der Waals surface area contributed by atoms with E-state index in [9.17, 15) is 4.79 Å². The van der Waals surface area contributed by atoms with Gasteiger partial charge in [0.2, 0.25) is 0 Å². The molecule has 0 aliphatic heterocycles. The van der Waals surface area contributed by atoms with E-state index in [1.54, 1.807) is 12.4 Å². The van der Waals surface area contributed by atoms with Crippen LogP contribution in [-0.4, -0.2) is 29.3 Å². The van der Waals surface area contributed by atoms with Crippen molar-refractivity contribution in [1.29, 1.82) is 0 Å². The van der Waals surface area contributed by atoms with Crippen molar-refractivity contribution in [3.63, 3.8) is 0 Å². The molecule has 0 aromatic carbocycles. The van der Waals surface area contributed by atoms with Crippen molar-refractivity contribution in [3.05, 3.63) is 30.1 Å². The first kappa shape index (κ1) is 14.4. The molecule has 0 aliphatic rings. The zero-order chi connectivity index (χ0) is 13.6. The van der Waals surface area contributed by atoms with Gasteiger partial charge in [0, 0.05) is 25.0 Å². The predicted molar refractivity (Wildman–Crippen MR) is 70.2 cm³/mol. The number of carbonyl (C=O) groups is 1. The highest BCUT2D eigenvalue weighted by molar-refractivity contribution is 5.67. The minimum Gasteiger partial charge on any atom is -0.444 e. The molecule has 1 aromatic rings. The summed E-state index contributed by atoms with van der Waals surface area (Å²) in [6.07, 6.45) is 3.72. The Balaban J connectivity index is 2.29. The number of hydrogen-bond donors (Lipinski definition) is 2. The number of aromatic nitrogens is 1. The maximum Gasteiger partial charge on any atom is 0.407 e. The van der Waals surface area contributed by atoms with E-state index in [1.165, 1.54) is 0 Å². The van der Waals surface area contributed by atoms with E-state index in [1.807, 2.05) is 32.9 Å². The van der Waals surface area contributed by atoms with Crippen molar-refractivity contribution in [2.24, 2.45) is 5.73 Å². The Morgan fingerprint density at radius 1 is 1.56 bits per heavy atom. The molecule has 1 unspecified atom stereocenters. The van der Waals surface area contributed by atoms with Gasteiger partial charge in [-0.05, 0) is 38.8 Å². The second kappa shape index (κ2) is 6.35. The molecule has 3 N–H and O–H groups in total. The first-order valence-corrected chi connectivity index (χ1v) is 5.98. The van der Waals surface area contributed by atoms with Crippen molar-refractivity contribution in [2.45, 2.75) is 38.8 Å². The number of rotatable bonds is 4. The third kappa shape index (κ3) is 6.20. The lowest BCUT2D eigenvalue weighted by molar-refractivity contribution is 0.0524. The number of nitrogens with one attached hydrogen (secondary N) is 1. The van der Waals surface area contributed by atoms with Crippen molar-refractivity contribution < 1.29 is 9.53 Å². The predicted octanol–water partition coefficient (Wildman–Crippen LogP) is 1.48. The molecule has 0 aliphatic carbocycles. The molecule has 0 fully saturated rings. The van der Waals surface area contributed by atoms with Crippen LogP contribution in [0.5, 0.6) is 0 Å². The lowest BCUT2D eigenvalue weighted by Gasteiger charge is -2.20. The van der Waals surface area contributed by atoms with Gasteiger partial charge in [-0.2, -0.15) is 0 Å². The van der Waals surface area contributed by atoms with Crippen LogP contribution in [0.25, 0.3) is 0 Å². The summed E-state index contributed by atoms with van der Waals surface area (Å²) in [5.41, 5.74) is 6.48. The van der Waals surface area contributed by atoms with Crippen LogP contribution in [0.2, 0.25) is 0 Å². The highest BCUT2D eigenvalue weighted by Crippen LogP contribution is 2.06. The normalized spacial score (nSPS) is 12.9. The monoisotopic (exact) mass is 251 g/mol. The van der Waals surface area contributed by atoms with E-state index >= 15 is 0 Å². The number of amides is 1. The molecule has 1 heterocycles. The molecular formula is C13H21N3O2. The highest BCUT2D eigenvalue weighted by Gasteiger charge is 2.16. The number of hydrogen-bond acceptors (Lipinski definition) is 4. The van der Waals surface area contributed by atoms with E-state index in [2.05, 4.69) is 10.3 Å². The second-order valence-corrected chi connectivity index (χ2v) is 5.21. The number of nitrogens with zero attached hydrogens (tertiary/aromatic N) is 1. The number of pyridine rings is 1. The molecule has 1 amide bonds. The topological polar surface area (TPSA) is 77.2 Å². The summed E-state index contributed by atoms with van der Waals surface area (Å²) in [6, 6.07) is 3.67. The second-order valence-electron chi connectivity index (χ2n) is 5.21. The summed E-state index contributed by atoms with van der Waals surface area (Å²) in [6.45, 7) is 5.84. The molecule has 1 rings (SSSR count). The zero-order valence-electron chi connectivity index (χ0n) is 11.1. The maximum atomic E-state index is 11.4. The fourth-order valence-electron chi connectivity index (χ4n) is 1.42. The van der Waals surface area contributed by atoms with Gasteiger partial charge in [-0.25, -0.2) is 4.79 Å². The van der Waals surface area contributed by atoms with Gasteiger partial charge >= 0.3 is 6.09 Å². The fraction of sp³-hybridized carbons (Fsp3) is 0.538. The minimum absolute atomic E-state index is 0.151. The summed E-state index contributed by atoms with van der Waals surface area (Å²) >= 11 is 0. The van der Waals surface area contributed by atoms with Crippen LogP contribution < -0.4 is 11.1 Å². The van der Waals surface area contributed by atoms with E-state index < -0.39 is 11.7 Å². The molecule has 5 heteroatoms. The van der Waals surface area contributed by atoms with Gasteiger partial charge in [-0.15, -0.1) is 0 Å². The summed E-state index contributed by atoms with van der Waals surface area (Å²) in [7, 11) is 0. The molecule has 0 bridgehead atoms. The van der Waals surface area contributed by atoms with Gasteiger partial charge in [-0.1, -0.05) is 6.07 Å². The molecule has 100 valence electrons. The van der Waals surface area contributed by atoms with E-state index in [4.69, 9.17) is 10.5 Å². The van der Waals surface area contributed by atoms with E-state index in [0.29, 0.717) is 13.0 Å². The van der Waals surface area contributed by atoms with Gasteiger partial charge in [0.25, 0.3) is 0 Å². The number of nitrogens with two attached hydrogens (primary N) is 1. The Labute approximate surface area is 108 Å². The quantitative estimate of drug-likeness (QED) is 0.849. The van der Waals surface area contributed by atoms with Crippen LogP contribution in [0.15, 0.2) is 24.5 Å². The number of ether oxygens (including phenoxy) is 1. The minimum atomic E-state index is -0.489. The Morgan fingerprint density at radius 2 is 2.28 bits per heavy atom. The average molecular weight is 251 g/mol. The molecule has 5 nitrogen and oxygen atoms in total. The van der Waals surface area contributed by atoms with Gasteiger partial charge in [-0.3, -0.25) is 4.98 Å². The third-order valence-corrected chi connectivity index (χ3v) is 2.13. The maximum absolute atomic E-state index is 11.4. The summed E-state index contributed by atoms with van der Waals surface area (Å²) in [5, 5.41) is 2.65. The lowest BCUT2D eigenvalue weighted by atomic mass is 10.1. The number of carbonyl (C=O) groups excluding carboxylic acids is 1. The van der Waals surface area contributed by atoms with Crippen LogP contribution in [-0.2, 0) is 11.2 Å². The Kier molecular flexibility index (Phi) is 5.09. The van der Waals surface area contributed by atoms with Crippen LogP contribution in [0, 0.1) is 0 Å². The van der Waals surface area contributed by atoms with Gasteiger partial charge in [0.1, 0.15) is 5.60 Å². The van der Waals surface area contributed by atoms with Crippen molar-refractivity contribution in [3.8, 4) is 0 Å². The van der Waals surface area contributed by atoms with Gasteiger partial charge in [0.15, 0.2) is 0 Å².